The van der Waals surface area contributed by atoms with Crippen molar-refractivity contribution in [2.75, 3.05) is 0 Å². The van der Waals surface area contributed by atoms with E-state index < -0.39 is 0 Å². The zero-order valence-corrected chi connectivity index (χ0v) is 10.5. The van der Waals surface area contributed by atoms with Gasteiger partial charge in [0.05, 0.1) is 8.66 Å². The van der Waals surface area contributed by atoms with Crippen molar-refractivity contribution in [1.29, 1.82) is 0 Å². The van der Waals surface area contributed by atoms with Gasteiger partial charge in [-0.25, -0.2) is 0 Å². The van der Waals surface area contributed by atoms with Crippen molar-refractivity contribution in [3.63, 3.8) is 0 Å². The second-order valence-electron chi connectivity index (χ2n) is 3.65. The van der Waals surface area contributed by atoms with E-state index in [1.807, 2.05) is 0 Å². The van der Waals surface area contributed by atoms with Gasteiger partial charge in [-0.05, 0) is 40.9 Å². The van der Waals surface area contributed by atoms with Crippen LogP contribution >= 0.6 is 27.3 Å². The van der Waals surface area contributed by atoms with Crippen LogP contribution in [0.4, 0.5) is 0 Å². The van der Waals surface area contributed by atoms with Gasteiger partial charge in [-0.3, -0.25) is 0 Å². The third-order valence-corrected chi connectivity index (χ3v) is 4.27. The molecule has 0 saturated carbocycles. The molecule has 3 rings (SSSR count). The van der Waals surface area contributed by atoms with Crippen LogP contribution in [0.15, 0.2) is 15.9 Å². The number of rotatable bonds is 1. The first-order valence-corrected chi connectivity index (χ1v) is 6.63. The third kappa shape index (κ3) is 1.63. The second kappa shape index (κ2) is 3.72. The molecular weight excluding hydrogens is 274 g/mol. The summed E-state index contributed by atoms with van der Waals surface area (Å²) >= 11 is 5.19. The molecule has 0 atom stereocenters. The van der Waals surface area contributed by atoms with E-state index in [1.165, 1.54) is 17.7 Å². The Hall–Kier alpha value is -0.680. The maximum atomic E-state index is 4.28. The molecule has 0 aromatic carbocycles. The first kappa shape index (κ1) is 9.54. The van der Waals surface area contributed by atoms with Gasteiger partial charge in [-0.1, -0.05) is 0 Å². The lowest BCUT2D eigenvalue weighted by Gasteiger charge is -2.13. The SMILES string of the molecule is Brc1ccc(-c2nnc3n2CCCC3)s1. The number of thiophene rings is 1. The maximum Gasteiger partial charge on any atom is 0.174 e. The highest BCUT2D eigenvalue weighted by atomic mass is 79.9. The Kier molecular flexibility index (Phi) is 2.36. The number of fused-ring (bicyclic) bond motifs is 1. The van der Waals surface area contributed by atoms with Crippen LogP contribution in [0.1, 0.15) is 18.7 Å². The molecule has 0 amide bonds. The molecule has 0 fully saturated rings. The molecule has 3 nitrogen and oxygen atoms in total. The Morgan fingerprint density at radius 2 is 2.20 bits per heavy atom. The smallest absolute Gasteiger partial charge is 0.174 e. The highest BCUT2D eigenvalue weighted by Crippen LogP contribution is 2.31. The van der Waals surface area contributed by atoms with Gasteiger partial charge in [-0.2, -0.15) is 0 Å². The number of nitrogens with zero attached hydrogens (tertiary/aromatic N) is 3. The Morgan fingerprint density at radius 3 is 3.00 bits per heavy atom. The van der Waals surface area contributed by atoms with E-state index >= 15 is 0 Å². The molecule has 1 aliphatic heterocycles. The predicted octanol–water partition coefficient (Wildman–Crippen LogP) is 3.11. The van der Waals surface area contributed by atoms with Gasteiger partial charge in [0.2, 0.25) is 0 Å². The minimum atomic E-state index is 1.03. The summed E-state index contributed by atoms with van der Waals surface area (Å²) in [6, 6.07) is 4.16. The second-order valence-corrected chi connectivity index (χ2v) is 6.12. The quantitative estimate of drug-likeness (QED) is 0.805. The van der Waals surface area contributed by atoms with Crippen LogP contribution in [0.2, 0.25) is 0 Å². The summed E-state index contributed by atoms with van der Waals surface area (Å²) < 4.78 is 3.40. The Bertz CT molecular complexity index is 489. The van der Waals surface area contributed by atoms with E-state index in [2.05, 4.69) is 42.8 Å². The van der Waals surface area contributed by atoms with Gasteiger partial charge in [0.15, 0.2) is 5.82 Å². The number of hydrogen-bond acceptors (Lipinski definition) is 3. The summed E-state index contributed by atoms with van der Waals surface area (Å²) in [5.41, 5.74) is 0. The zero-order valence-electron chi connectivity index (χ0n) is 8.11. The van der Waals surface area contributed by atoms with Crippen molar-refractivity contribution in [2.45, 2.75) is 25.8 Å². The average Bonchev–Trinajstić information content (AvgIpc) is 2.83. The fraction of sp³-hybridized carbons (Fsp3) is 0.400. The highest BCUT2D eigenvalue weighted by Gasteiger charge is 2.17. The molecule has 78 valence electrons. The fourth-order valence-corrected chi connectivity index (χ4v) is 3.30. The van der Waals surface area contributed by atoms with Gasteiger partial charge in [0, 0.05) is 13.0 Å². The zero-order chi connectivity index (χ0) is 10.3. The molecule has 2 aromatic heterocycles. The van der Waals surface area contributed by atoms with Crippen LogP contribution in [0, 0.1) is 0 Å². The summed E-state index contributed by atoms with van der Waals surface area (Å²) in [6.45, 7) is 1.06. The Labute approximate surface area is 100 Å². The van der Waals surface area contributed by atoms with Crippen LogP contribution in [-0.2, 0) is 13.0 Å². The summed E-state index contributed by atoms with van der Waals surface area (Å²) in [4.78, 5) is 1.20. The highest BCUT2D eigenvalue weighted by molar-refractivity contribution is 9.11. The van der Waals surface area contributed by atoms with Crippen molar-refractivity contribution in [1.82, 2.24) is 14.8 Å². The van der Waals surface area contributed by atoms with Crippen molar-refractivity contribution in [3.05, 3.63) is 21.7 Å². The summed E-state index contributed by atoms with van der Waals surface area (Å²) in [5.74, 6) is 2.17. The molecule has 1 aliphatic rings. The van der Waals surface area contributed by atoms with Gasteiger partial charge in [0.25, 0.3) is 0 Å². The number of aryl methyl sites for hydroxylation is 1. The lowest BCUT2D eigenvalue weighted by molar-refractivity contribution is 0.526. The topological polar surface area (TPSA) is 30.7 Å². The van der Waals surface area contributed by atoms with Crippen molar-refractivity contribution >= 4 is 27.3 Å². The molecule has 5 heteroatoms. The van der Waals surface area contributed by atoms with E-state index in [0.717, 1.165) is 28.4 Å². The molecule has 0 aliphatic carbocycles. The maximum absolute atomic E-state index is 4.28. The van der Waals surface area contributed by atoms with Gasteiger partial charge in [-0.15, -0.1) is 21.5 Å². The summed E-state index contributed by atoms with van der Waals surface area (Å²) in [6.07, 6.45) is 3.55. The van der Waals surface area contributed by atoms with E-state index in [0.29, 0.717) is 0 Å². The van der Waals surface area contributed by atoms with Crippen LogP contribution in [-0.4, -0.2) is 14.8 Å². The van der Waals surface area contributed by atoms with E-state index in [9.17, 15) is 0 Å². The largest absolute Gasteiger partial charge is 0.310 e. The van der Waals surface area contributed by atoms with Gasteiger partial charge in [0.1, 0.15) is 5.82 Å². The number of aromatic nitrogens is 3. The first-order chi connectivity index (χ1) is 7.34. The Balaban J connectivity index is 2.08. The van der Waals surface area contributed by atoms with E-state index in [1.54, 1.807) is 11.3 Å². The molecule has 0 radical (unpaired) electrons. The molecule has 3 heterocycles. The number of halogens is 1. The third-order valence-electron chi connectivity index (χ3n) is 2.65. The fourth-order valence-electron chi connectivity index (χ4n) is 1.93. The molecule has 0 saturated heterocycles. The first-order valence-electron chi connectivity index (χ1n) is 5.02. The Morgan fingerprint density at radius 1 is 1.27 bits per heavy atom. The molecule has 0 spiro atoms. The summed E-state index contributed by atoms with van der Waals surface area (Å²) in [5, 5.41) is 8.53. The van der Waals surface area contributed by atoms with Gasteiger partial charge >= 0.3 is 0 Å². The molecule has 0 unspecified atom stereocenters. The monoisotopic (exact) mass is 283 g/mol. The lowest BCUT2D eigenvalue weighted by Crippen LogP contribution is -2.11. The van der Waals surface area contributed by atoms with Crippen molar-refractivity contribution in [2.24, 2.45) is 0 Å². The van der Waals surface area contributed by atoms with Crippen LogP contribution in [0.5, 0.6) is 0 Å². The van der Waals surface area contributed by atoms with E-state index in [-0.39, 0.29) is 0 Å². The molecule has 2 aromatic rings. The molecule has 0 N–H and O–H groups in total. The van der Waals surface area contributed by atoms with Gasteiger partial charge < -0.3 is 4.57 Å². The molecular formula is C10H10BrN3S. The predicted molar refractivity (Wildman–Crippen MR) is 64.0 cm³/mol. The number of hydrogen-bond donors (Lipinski definition) is 0. The standard InChI is InChI=1S/C10H10BrN3S/c11-8-5-4-7(15-8)10-13-12-9-3-1-2-6-14(9)10/h4-5H,1-3,6H2. The van der Waals surface area contributed by atoms with Crippen LogP contribution in [0.3, 0.4) is 0 Å². The lowest BCUT2D eigenvalue weighted by atomic mass is 10.1. The minimum Gasteiger partial charge on any atom is -0.310 e. The summed E-state index contributed by atoms with van der Waals surface area (Å²) in [7, 11) is 0. The molecule has 0 bridgehead atoms. The van der Waals surface area contributed by atoms with Crippen molar-refractivity contribution < 1.29 is 0 Å². The van der Waals surface area contributed by atoms with Crippen LogP contribution in [0.25, 0.3) is 10.7 Å². The van der Waals surface area contributed by atoms with E-state index in [4.69, 9.17) is 0 Å². The average molecular weight is 284 g/mol. The minimum absolute atomic E-state index is 1.03. The normalized spacial score (nSPS) is 15.3. The molecule has 15 heavy (non-hydrogen) atoms. The van der Waals surface area contributed by atoms with Crippen LogP contribution < -0.4 is 0 Å². The van der Waals surface area contributed by atoms with Crippen molar-refractivity contribution in [3.8, 4) is 10.7 Å².